The van der Waals surface area contributed by atoms with Crippen LogP contribution >= 0.6 is 34.9 Å². The number of allylic oxidation sites excluding steroid dienone is 2. The number of ether oxygens (including phenoxy) is 3. The van der Waals surface area contributed by atoms with Gasteiger partial charge in [0, 0.05) is 23.2 Å². The molecule has 0 bridgehead atoms. The number of nitrogens with zero attached hydrogens (tertiary/aromatic N) is 4. The minimum absolute atomic E-state index is 0.0445. The molecule has 18 heteroatoms. The van der Waals surface area contributed by atoms with Crippen molar-refractivity contribution in [3.8, 4) is 5.75 Å². The number of fused-ring (bicyclic) bond motifs is 1. The Labute approximate surface area is 257 Å². The molecule has 1 fully saturated rings. The van der Waals surface area contributed by atoms with Gasteiger partial charge >= 0.3 is 12.1 Å². The predicted octanol–water partition coefficient (Wildman–Crippen LogP) is 2.15. The van der Waals surface area contributed by atoms with Crippen LogP contribution in [0.5, 0.6) is 5.75 Å². The molecule has 2 atom stereocenters. The van der Waals surface area contributed by atoms with E-state index in [9.17, 15) is 23.6 Å². The lowest BCUT2D eigenvalue weighted by Gasteiger charge is -2.49. The molecular formula is C25H24ClFN6O8S2. The first-order valence-electron chi connectivity index (χ1n) is 12.4. The highest BCUT2D eigenvalue weighted by Crippen LogP contribution is 2.41. The standard InChI is InChI=1S/C25H24ClFN6O8S2/c1-38-15-6-4-13(5-7-15)11-39-25(37)41-23(36)18-14(3-2-8-26)12-42-22-17(21(35)33(18)22)29-20(34)16(31-40-10-9-27)19-30-24(28)43-32-19/h2-7,17,22H,8-12H2,1H3,(H,29,34)(H2,28,30,32)/b3-2-,31-16-. The molecule has 2 amide bonds. The molecule has 14 nitrogen and oxygen atoms in total. The van der Waals surface area contributed by atoms with E-state index in [4.69, 9.17) is 36.4 Å². The average Bonchev–Trinajstić information content (AvgIpc) is 3.44. The van der Waals surface area contributed by atoms with Gasteiger partial charge in [0.15, 0.2) is 5.13 Å². The molecule has 0 spiro atoms. The lowest BCUT2D eigenvalue weighted by molar-refractivity contribution is -0.151. The van der Waals surface area contributed by atoms with Crippen LogP contribution in [0.25, 0.3) is 0 Å². The van der Waals surface area contributed by atoms with E-state index in [1.807, 2.05) is 0 Å². The first-order chi connectivity index (χ1) is 20.8. The Hall–Kier alpha value is -4.22. The number of methoxy groups -OCH3 is 1. The Morgan fingerprint density at radius 2 is 2.07 bits per heavy atom. The van der Waals surface area contributed by atoms with Crippen molar-refractivity contribution in [3.63, 3.8) is 0 Å². The minimum atomic E-state index is -1.27. The smallest absolute Gasteiger partial charge is 0.497 e. The van der Waals surface area contributed by atoms with Crippen molar-refractivity contribution in [1.29, 1.82) is 0 Å². The molecule has 1 aromatic carbocycles. The van der Waals surface area contributed by atoms with Crippen LogP contribution in [0.3, 0.4) is 0 Å². The van der Waals surface area contributed by atoms with E-state index in [1.165, 1.54) is 18.9 Å². The molecule has 4 rings (SSSR count). The topological polar surface area (TPSA) is 185 Å². The largest absolute Gasteiger partial charge is 0.516 e. The number of oxime groups is 1. The predicted molar refractivity (Wildman–Crippen MR) is 154 cm³/mol. The molecule has 2 aliphatic heterocycles. The monoisotopic (exact) mass is 654 g/mol. The molecule has 43 heavy (non-hydrogen) atoms. The number of amides is 2. The van der Waals surface area contributed by atoms with Crippen LogP contribution in [0.15, 0.2) is 52.8 Å². The quantitative estimate of drug-likeness (QED) is 0.0647. The van der Waals surface area contributed by atoms with Gasteiger partial charge in [0.1, 0.15) is 42.8 Å². The van der Waals surface area contributed by atoms with Crippen LogP contribution in [-0.2, 0) is 35.3 Å². The second kappa shape index (κ2) is 14.8. The fraction of sp³-hybridized carbons (Fsp3) is 0.320. The maximum Gasteiger partial charge on any atom is 0.516 e. The van der Waals surface area contributed by atoms with Gasteiger partial charge in [-0.2, -0.15) is 9.36 Å². The molecule has 2 aliphatic rings. The summed E-state index contributed by atoms with van der Waals surface area (Å²) in [4.78, 5) is 61.6. The summed E-state index contributed by atoms with van der Waals surface area (Å²) >= 11 is 7.80. The van der Waals surface area contributed by atoms with E-state index in [-0.39, 0.29) is 34.9 Å². The summed E-state index contributed by atoms with van der Waals surface area (Å²) in [6, 6.07) is 5.58. The number of esters is 1. The second-order valence-electron chi connectivity index (χ2n) is 8.49. The Morgan fingerprint density at radius 3 is 2.72 bits per heavy atom. The number of thioether (sulfide) groups is 1. The summed E-state index contributed by atoms with van der Waals surface area (Å²) in [5.74, 6) is -1.91. The lowest BCUT2D eigenvalue weighted by Crippen LogP contribution is -2.71. The number of benzene rings is 1. The Bertz CT molecular complexity index is 1470. The number of β-lactam (4-membered cyclic amide) rings is 1. The van der Waals surface area contributed by atoms with Gasteiger partial charge in [-0.3, -0.25) is 14.5 Å². The SMILES string of the molecule is COc1ccc(COC(=O)OC(=O)C2=C(/C=C\CCl)CSC3C(NC(=O)/C(=N\OCCF)c4nsc(N)n4)C(=O)N23)cc1. The fourth-order valence-electron chi connectivity index (χ4n) is 3.83. The summed E-state index contributed by atoms with van der Waals surface area (Å²) in [5.41, 5.74) is 5.97. The Morgan fingerprint density at radius 1 is 1.30 bits per heavy atom. The van der Waals surface area contributed by atoms with Gasteiger partial charge in [-0.05, 0) is 23.3 Å². The first kappa shape index (κ1) is 31.7. The van der Waals surface area contributed by atoms with Crippen molar-refractivity contribution in [2.45, 2.75) is 18.0 Å². The van der Waals surface area contributed by atoms with E-state index < -0.39 is 54.3 Å². The van der Waals surface area contributed by atoms with Crippen LogP contribution in [0, 0.1) is 0 Å². The normalized spacial score (nSPS) is 18.2. The molecule has 2 unspecified atom stereocenters. The highest BCUT2D eigenvalue weighted by molar-refractivity contribution is 8.00. The van der Waals surface area contributed by atoms with Crippen molar-refractivity contribution < 1.29 is 42.6 Å². The first-order valence-corrected chi connectivity index (χ1v) is 14.7. The lowest BCUT2D eigenvalue weighted by atomic mass is 10.0. The van der Waals surface area contributed by atoms with Crippen LogP contribution in [0.4, 0.5) is 14.3 Å². The maximum atomic E-state index is 13.2. The number of nitrogens with two attached hydrogens (primary N) is 1. The number of hydrogen-bond donors (Lipinski definition) is 2. The van der Waals surface area contributed by atoms with Crippen molar-refractivity contribution in [1.82, 2.24) is 19.6 Å². The molecule has 0 radical (unpaired) electrons. The average molecular weight is 655 g/mol. The van der Waals surface area contributed by atoms with Crippen molar-refractivity contribution in [2.24, 2.45) is 5.16 Å². The number of nitrogen functional groups attached to an aromatic ring is 1. The zero-order chi connectivity index (χ0) is 30.9. The number of halogens is 2. The molecule has 2 aromatic rings. The van der Waals surface area contributed by atoms with Gasteiger partial charge in [-0.25, -0.2) is 14.0 Å². The van der Waals surface area contributed by atoms with Crippen molar-refractivity contribution >= 4 is 69.7 Å². The van der Waals surface area contributed by atoms with Gasteiger partial charge in [-0.1, -0.05) is 29.4 Å². The second-order valence-corrected chi connectivity index (χ2v) is 10.7. The molecule has 3 N–H and O–H groups in total. The summed E-state index contributed by atoms with van der Waals surface area (Å²) in [6.07, 6.45) is 1.83. The van der Waals surface area contributed by atoms with Gasteiger partial charge in [0.2, 0.25) is 11.5 Å². The van der Waals surface area contributed by atoms with E-state index in [1.54, 1.807) is 36.4 Å². The molecule has 1 saturated heterocycles. The highest BCUT2D eigenvalue weighted by atomic mass is 35.5. The third-order valence-electron chi connectivity index (χ3n) is 5.77. The van der Waals surface area contributed by atoms with Gasteiger partial charge in [0.25, 0.3) is 11.8 Å². The van der Waals surface area contributed by atoms with Crippen LogP contribution in [0.1, 0.15) is 11.4 Å². The number of aromatic nitrogens is 2. The summed E-state index contributed by atoms with van der Waals surface area (Å²) in [7, 11) is 1.52. The number of alkyl halides is 2. The Balaban J connectivity index is 1.46. The molecule has 0 aliphatic carbocycles. The van der Waals surface area contributed by atoms with Crippen LogP contribution < -0.4 is 15.8 Å². The summed E-state index contributed by atoms with van der Waals surface area (Å²) in [5, 5.41) is 5.42. The van der Waals surface area contributed by atoms with Crippen molar-refractivity contribution in [2.75, 3.05) is 37.8 Å². The molecular weight excluding hydrogens is 631 g/mol. The number of nitrogens with one attached hydrogen (secondary N) is 1. The third kappa shape index (κ3) is 7.60. The van der Waals surface area contributed by atoms with Crippen molar-refractivity contribution in [3.05, 3.63) is 59.1 Å². The summed E-state index contributed by atoms with van der Waals surface area (Å²) < 4.78 is 31.5. The van der Waals surface area contributed by atoms with Crippen LogP contribution in [-0.4, -0.2) is 87.3 Å². The van der Waals surface area contributed by atoms with Gasteiger partial charge in [0.05, 0.1) is 7.11 Å². The number of carbonyl (C=O) groups is 4. The molecule has 3 heterocycles. The van der Waals surface area contributed by atoms with E-state index in [0.29, 0.717) is 16.9 Å². The number of carbonyl (C=O) groups excluding carboxylic acids is 4. The van der Waals surface area contributed by atoms with Crippen LogP contribution in [0.2, 0.25) is 0 Å². The molecule has 228 valence electrons. The zero-order valence-corrected chi connectivity index (χ0v) is 24.7. The van der Waals surface area contributed by atoms with Gasteiger partial charge < -0.3 is 30.1 Å². The number of rotatable bonds is 12. The fourth-order valence-corrected chi connectivity index (χ4v) is 5.68. The van der Waals surface area contributed by atoms with E-state index in [2.05, 4.69) is 19.8 Å². The van der Waals surface area contributed by atoms with Gasteiger partial charge in [-0.15, -0.1) is 23.4 Å². The maximum absolute atomic E-state index is 13.2. The third-order valence-corrected chi connectivity index (χ3v) is 7.79. The highest BCUT2D eigenvalue weighted by Gasteiger charge is 2.54. The minimum Gasteiger partial charge on any atom is -0.497 e. The number of anilines is 1. The molecule has 0 saturated carbocycles. The van der Waals surface area contributed by atoms with E-state index >= 15 is 0 Å². The van der Waals surface area contributed by atoms with E-state index in [0.717, 1.165) is 16.4 Å². The zero-order valence-electron chi connectivity index (χ0n) is 22.4. The Kier molecular flexibility index (Phi) is 10.9. The summed E-state index contributed by atoms with van der Waals surface area (Å²) in [6.45, 7) is -1.47. The number of hydrogen-bond acceptors (Lipinski definition) is 14. The molecule has 1 aromatic heterocycles.